The molecule has 0 aromatic carbocycles. The Morgan fingerprint density at radius 3 is 2.08 bits per heavy atom. The van der Waals surface area contributed by atoms with E-state index in [2.05, 4.69) is 27.7 Å². The molecule has 0 heterocycles. The van der Waals surface area contributed by atoms with Crippen LogP contribution in [0.2, 0.25) is 0 Å². The molecular formula is C11H23F. The van der Waals surface area contributed by atoms with Gasteiger partial charge in [0.25, 0.3) is 0 Å². The van der Waals surface area contributed by atoms with Gasteiger partial charge in [0.05, 0.1) is 6.67 Å². The molecule has 1 atom stereocenters. The summed E-state index contributed by atoms with van der Waals surface area (Å²) >= 11 is 0. The van der Waals surface area contributed by atoms with Gasteiger partial charge in [0.1, 0.15) is 0 Å². The zero-order valence-electron chi connectivity index (χ0n) is 8.99. The third kappa shape index (κ3) is 3.55. The minimum Gasteiger partial charge on any atom is -0.250 e. The Hall–Kier alpha value is -0.0700. The van der Waals surface area contributed by atoms with Crippen LogP contribution >= 0.6 is 0 Å². The van der Waals surface area contributed by atoms with E-state index in [9.17, 15) is 4.39 Å². The first-order chi connectivity index (χ1) is 5.60. The lowest BCUT2D eigenvalue weighted by molar-refractivity contribution is 0.143. The zero-order chi connectivity index (χ0) is 9.61. The quantitative estimate of drug-likeness (QED) is 0.566. The molecule has 0 aromatic rings. The van der Waals surface area contributed by atoms with Crippen molar-refractivity contribution in [2.75, 3.05) is 6.67 Å². The first-order valence-corrected chi connectivity index (χ1v) is 5.16. The summed E-state index contributed by atoms with van der Waals surface area (Å²) in [4.78, 5) is 0. The largest absolute Gasteiger partial charge is 0.250 e. The van der Waals surface area contributed by atoms with E-state index in [4.69, 9.17) is 0 Å². The molecule has 0 aliphatic carbocycles. The molecule has 74 valence electrons. The number of hydrogen-bond donors (Lipinski definition) is 0. The van der Waals surface area contributed by atoms with Crippen molar-refractivity contribution in [3.63, 3.8) is 0 Å². The zero-order valence-corrected chi connectivity index (χ0v) is 8.99. The molecule has 0 fully saturated rings. The Balaban J connectivity index is 4.13. The molecule has 0 amide bonds. The van der Waals surface area contributed by atoms with Crippen LogP contribution in [-0.2, 0) is 0 Å². The van der Waals surface area contributed by atoms with E-state index < -0.39 is 0 Å². The van der Waals surface area contributed by atoms with Crippen LogP contribution in [0, 0.1) is 11.3 Å². The summed E-state index contributed by atoms with van der Waals surface area (Å²) in [5.74, 6) is 0.618. The molecule has 0 saturated heterocycles. The first-order valence-electron chi connectivity index (χ1n) is 5.16. The van der Waals surface area contributed by atoms with E-state index in [1.165, 1.54) is 0 Å². The lowest BCUT2D eigenvalue weighted by atomic mass is 9.76. The summed E-state index contributed by atoms with van der Waals surface area (Å²) in [6.45, 7) is 8.46. The maximum absolute atomic E-state index is 12.9. The van der Waals surface area contributed by atoms with Crippen LogP contribution in [0.3, 0.4) is 0 Å². The van der Waals surface area contributed by atoms with Gasteiger partial charge >= 0.3 is 0 Å². The highest BCUT2D eigenvalue weighted by Crippen LogP contribution is 2.35. The van der Waals surface area contributed by atoms with Crippen LogP contribution < -0.4 is 0 Å². The van der Waals surface area contributed by atoms with Gasteiger partial charge in [0.2, 0.25) is 0 Å². The van der Waals surface area contributed by atoms with Crippen molar-refractivity contribution < 1.29 is 4.39 Å². The number of halogens is 1. The van der Waals surface area contributed by atoms with E-state index in [1.54, 1.807) is 0 Å². The molecular weight excluding hydrogens is 151 g/mol. The highest BCUT2D eigenvalue weighted by atomic mass is 19.1. The average molecular weight is 174 g/mol. The molecule has 0 spiro atoms. The maximum atomic E-state index is 12.9. The lowest BCUT2D eigenvalue weighted by Crippen LogP contribution is -2.24. The highest BCUT2D eigenvalue weighted by molar-refractivity contribution is 4.78. The van der Waals surface area contributed by atoms with Crippen LogP contribution in [0.1, 0.15) is 53.4 Å². The van der Waals surface area contributed by atoms with E-state index in [-0.39, 0.29) is 12.1 Å². The fourth-order valence-corrected chi connectivity index (χ4v) is 2.04. The monoisotopic (exact) mass is 174 g/mol. The van der Waals surface area contributed by atoms with Crippen molar-refractivity contribution in [2.45, 2.75) is 53.4 Å². The molecule has 0 bridgehead atoms. The second kappa shape index (κ2) is 5.55. The van der Waals surface area contributed by atoms with Crippen LogP contribution in [0.5, 0.6) is 0 Å². The predicted molar refractivity (Wildman–Crippen MR) is 53.1 cm³/mol. The van der Waals surface area contributed by atoms with E-state index in [0.717, 1.165) is 25.7 Å². The number of rotatable bonds is 6. The van der Waals surface area contributed by atoms with Gasteiger partial charge in [-0.1, -0.05) is 34.1 Å². The summed E-state index contributed by atoms with van der Waals surface area (Å²) in [5, 5.41) is 0. The Morgan fingerprint density at radius 2 is 1.83 bits per heavy atom. The third-order valence-electron chi connectivity index (χ3n) is 2.66. The van der Waals surface area contributed by atoms with Gasteiger partial charge in [0, 0.05) is 0 Å². The van der Waals surface area contributed by atoms with Crippen molar-refractivity contribution >= 4 is 0 Å². The Morgan fingerprint density at radius 1 is 1.25 bits per heavy atom. The molecule has 0 nitrogen and oxygen atoms in total. The van der Waals surface area contributed by atoms with Gasteiger partial charge in [-0.25, -0.2) is 0 Å². The summed E-state index contributed by atoms with van der Waals surface area (Å²) in [7, 11) is 0. The molecule has 0 aliphatic heterocycles. The summed E-state index contributed by atoms with van der Waals surface area (Å²) < 4.78 is 12.9. The molecule has 0 radical (unpaired) electrons. The first kappa shape index (κ1) is 11.9. The van der Waals surface area contributed by atoms with Gasteiger partial charge in [-0.3, -0.25) is 4.39 Å². The second-order valence-electron chi connectivity index (χ2n) is 4.34. The molecule has 1 heteroatoms. The fraction of sp³-hybridized carbons (Fsp3) is 1.00. The predicted octanol–water partition coefficient (Wildman–Crippen LogP) is 4.20. The maximum Gasteiger partial charge on any atom is 0.0950 e. The van der Waals surface area contributed by atoms with Crippen LogP contribution in [0.25, 0.3) is 0 Å². The van der Waals surface area contributed by atoms with Crippen LogP contribution in [0.4, 0.5) is 4.39 Å². The van der Waals surface area contributed by atoms with Crippen molar-refractivity contribution in [2.24, 2.45) is 11.3 Å². The molecule has 0 saturated carbocycles. The molecule has 1 unspecified atom stereocenters. The van der Waals surface area contributed by atoms with Crippen molar-refractivity contribution in [3.05, 3.63) is 0 Å². The molecule has 0 N–H and O–H groups in total. The minimum atomic E-state index is -0.143. The summed E-state index contributed by atoms with van der Waals surface area (Å²) in [6, 6.07) is 0. The van der Waals surface area contributed by atoms with E-state index in [0.29, 0.717) is 5.92 Å². The van der Waals surface area contributed by atoms with Gasteiger partial charge < -0.3 is 0 Å². The van der Waals surface area contributed by atoms with E-state index >= 15 is 0 Å². The Bertz CT molecular complexity index is 104. The second-order valence-corrected chi connectivity index (χ2v) is 4.34. The summed E-state index contributed by atoms with van der Waals surface area (Å²) in [6.07, 6.45) is 4.16. The topological polar surface area (TPSA) is 0 Å². The lowest BCUT2D eigenvalue weighted by Gasteiger charge is -2.31. The van der Waals surface area contributed by atoms with Crippen LogP contribution in [-0.4, -0.2) is 6.67 Å². The fourth-order valence-electron chi connectivity index (χ4n) is 2.04. The van der Waals surface area contributed by atoms with Gasteiger partial charge in [-0.05, 0) is 30.6 Å². The molecule has 0 rings (SSSR count). The summed E-state index contributed by atoms with van der Waals surface area (Å²) in [5.41, 5.74) is -0.0110. The Kier molecular flexibility index (Phi) is 5.52. The Labute approximate surface area is 76.6 Å². The van der Waals surface area contributed by atoms with Gasteiger partial charge in [0.15, 0.2) is 0 Å². The van der Waals surface area contributed by atoms with Crippen molar-refractivity contribution in [3.8, 4) is 0 Å². The van der Waals surface area contributed by atoms with E-state index in [1.807, 2.05) is 0 Å². The highest BCUT2D eigenvalue weighted by Gasteiger charge is 2.27. The number of alkyl halides is 1. The molecule has 0 aliphatic rings. The van der Waals surface area contributed by atoms with Gasteiger partial charge in [-0.2, -0.15) is 0 Å². The third-order valence-corrected chi connectivity index (χ3v) is 2.66. The van der Waals surface area contributed by atoms with Crippen LogP contribution in [0.15, 0.2) is 0 Å². The molecule has 0 aromatic heterocycles. The van der Waals surface area contributed by atoms with Crippen molar-refractivity contribution in [1.82, 2.24) is 0 Å². The average Bonchev–Trinajstić information content (AvgIpc) is 2.03. The SMILES string of the molecule is CCCC(CC)(CF)CC(C)C. The van der Waals surface area contributed by atoms with Gasteiger partial charge in [-0.15, -0.1) is 0 Å². The molecule has 12 heavy (non-hydrogen) atoms. The minimum absolute atomic E-state index is 0.0110. The normalized spacial score (nSPS) is 16.5. The van der Waals surface area contributed by atoms with Crippen molar-refractivity contribution in [1.29, 1.82) is 0 Å². The smallest absolute Gasteiger partial charge is 0.0950 e. The standard InChI is InChI=1S/C11H23F/c1-5-7-11(6-2,9-12)8-10(3)4/h10H,5-9H2,1-4H3. The number of hydrogen-bond acceptors (Lipinski definition) is 0.